The number of hydrogen-bond donors (Lipinski definition) is 1. The largest absolute Gasteiger partial charge is 0.491 e. The van der Waals surface area contributed by atoms with E-state index < -0.39 is 5.97 Å². The first-order valence-corrected chi connectivity index (χ1v) is 6.50. The maximum absolute atomic E-state index is 11.0. The Balaban J connectivity index is 1.91. The Hall–Kier alpha value is -1.30. The van der Waals surface area contributed by atoms with Crippen molar-refractivity contribution in [2.75, 3.05) is 39.5 Å². The van der Waals surface area contributed by atoms with Crippen LogP contribution in [0.4, 0.5) is 0 Å². The van der Waals surface area contributed by atoms with Crippen LogP contribution in [0, 0.1) is 0 Å². The number of nitrogens with zero attached hydrogens (tertiary/aromatic N) is 1. The zero-order valence-corrected chi connectivity index (χ0v) is 11.2. The van der Waals surface area contributed by atoms with Crippen molar-refractivity contribution in [2.24, 2.45) is 0 Å². The number of carbonyl (C=O) groups is 1. The molecule has 1 aromatic carbocycles. The number of carboxylic acid groups (broad SMARTS) is 1. The van der Waals surface area contributed by atoms with Crippen molar-refractivity contribution in [3.8, 4) is 5.75 Å². The molecule has 0 atom stereocenters. The van der Waals surface area contributed by atoms with Gasteiger partial charge in [-0.3, -0.25) is 4.90 Å². The van der Waals surface area contributed by atoms with Crippen LogP contribution < -0.4 is 4.74 Å². The second kappa shape index (κ2) is 6.75. The summed E-state index contributed by atoms with van der Waals surface area (Å²) in [5.74, 6) is -0.703. The molecule has 1 saturated heterocycles. The lowest BCUT2D eigenvalue weighted by atomic mass is 10.2. The summed E-state index contributed by atoms with van der Waals surface area (Å²) in [6, 6.07) is 4.53. The van der Waals surface area contributed by atoms with Gasteiger partial charge in [-0.15, -0.1) is 0 Å². The van der Waals surface area contributed by atoms with Crippen molar-refractivity contribution in [2.45, 2.75) is 0 Å². The Labute approximate surface area is 116 Å². The Morgan fingerprint density at radius 1 is 1.42 bits per heavy atom. The van der Waals surface area contributed by atoms with Gasteiger partial charge in [0.05, 0.1) is 13.2 Å². The molecule has 0 spiro atoms. The predicted octanol–water partition coefficient (Wildman–Crippen LogP) is 1.75. The molecule has 1 aromatic rings. The highest BCUT2D eigenvalue weighted by molar-refractivity contribution is 6.30. The average molecular weight is 286 g/mol. The van der Waals surface area contributed by atoms with Crippen LogP contribution in [0.2, 0.25) is 5.02 Å². The average Bonchev–Trinajstić information content (AvgIpc) is 2.39. The highest BCUT2D eigenvalue weighted by Gasteiger charge is 2.13. The first-order chi connectivity index (χ1) is 9.16. The Morgan fingerprint density at radius 2 is 2.16 bits per heavy atom. The van der Waals surface area contributed by atoms with Crippen LogP contribution in [-0.2, 0) is 4.74 Å². The van der Waals surface area contributed by atoms with Crippen LogP contribution in [-0.4, -0.2) is 55.4 Å². The van der Waals surface area contributed by atoms with Gasteiger partial charge < -0.3 is 14.6 Å². The Morgan fingerprint density at radius 3 is 2.84 bits per heavy atom. The van der Waals surface area contributed by atoms with Crippen molar-refractivity contribution in [3.05, 3.63) is 28.8 Å². The highest BCUT2D eigenvalue weighted by Crippen LogP contribution is 2.23. The van der Waals surface area contributed by atoms with E-state index in [1.165, 1.54) is 12.1 Å². The SMILES string of the molecule is O=C(O)c1ccc(Cl)cc1OCCN1CCOCC1. The van der Waals surface area contributed by atoms with Crippen molar-refractivity contribution < 1.29 is 19.4 Å². The minimum absolute atomic E-state index is 0.131. The maximum Gasteiger partial charge on any atom is 0.339 e. The molecule has 0 aromatic heterocycles. The normalized spacial score (nSPS) is 16.3. The Kier molecular flexibility index (Phi) is 5.01. The third-order valence-corrected chi connectivity index (χ3v) is 3.18. The minimum atomic E-state index is -1.02. The summed E-state index contributed by atoms with van der Waals surface area (Å²) in [7, 11) is 0. The van der Waals surface area contributed by atoms with E-state index in [9.17, 15) is 4.79 Å². The fraction of sp³-hybridized carbons (Fsp3) is 0.462. The van der Waals surface area contributed by atoms with Crippen molar-refractivity contribution >= 4 is 17.6 Å². The van der Waals surface area contributed by atoms with Crippen molar-refractivity contribution in [3.63, 3.8) is 0 Å². The number of carboxylic acids is 1. The van der Waals surface area contributed by atoms with Crippen LogP contribution in [0.15, 0.2) is 18.2 Å². The van der Waals surface area contributed by atoms with Gasteiger partial charge in [0.25, 0.3) is 0 Å². The van der Waals surface area contributed by atoms with Gasteiger partial charge >= 0.3 is 5.97 Å². The molecule has 104 valence electrons. The monoisotopic (exact) mass is 285 g/mol. The fourth-order valence-corrected chi connectivity index (χ4v) is 2.06. The number of hydrogen-bond acceptors (Lipinski definition) is 4. The number of morpholine rings is 1. The molecule has 0 amide bonds. The van der Waals surface area contributed by atoms with Gasteiger partial charge in [0.2, 0.25) is 0 Å². The highest BCUT2D eigenvalue weighted by atomic mass is 35.5. The molecule has 5 nitrogen and oxygen atoms in total. The minimum Gasteiger partial charge on any atom is -0.491 e. The number of ether oxygens (including phenoxy) is 2. The molecule has 0 aliphatic carbocycles. The molecule has 1 aliphatic heterocycles. The van der Waals surface area contributed by atoms with Gasteiger partial charge in [-0.05, 0) is 18.2 Å². The molecule has 1 heterocycles. The molecular weight excluding hydrogens is 270 g/mol. The van der Waals surface area contributed by atoms with E-state index in [2.05, 4.69) is 4.90 Å². The van der Waals surface area contributed by atoms with Gasteiger partial charge in [-0.1, -0.05) is 11.6 Å². The van der Waals surface area contributed by atoms with Crippen molar-refractivity contribution in [1.29, 1.82) is 0 Å². The van der Waals surface area contributed by atoms with Crippen LogP contribution in [0.3, 0.4) is 0 Å². The van der Waals surface area contributed by atoms with Crippen molar-refractivity contribution in [1.82, 2.24) is 4.90 Å². The van der Waals surface area contributed by atoms with E-state index in [4.69, 9.17) is 26.2 Å². The van der Waals surface area contributed by atoms with E-state index in [1.807, 2.05) is 0 Å². The standard InChI is InChI=1S/C13H16ClNO4/c14-10-1-2-11(13(16)17)12(9-10)19-8-5-15-3-6-18-7-4-15/h1-2,9H,3-8H2,(H,16,17). The molecule has 0 bridgehead atoms. The van der Waals surface area contributed by atoms with Crippen LogP contribution in [0.25, 0.3) is 0 Å². The summed E-state index contributed by atoms with van der Waals surface area (Å²) in [6.45, 7) is 4.40. The second-order valence-corrected chi connectivity index (χ2v) is 4.68. The van der Waals surface area contributed by atoms with E-state index >= 15 is 0 Å². The number of rotatable bonds is 5. The van der Waals surface area contributed by atoms with E-state index in [0.717, 1.165) is 32.8 Å². The maximum atomic E-state index is 11.0. The molecule has 0 unspecified atom stereocenters. The predicted molar refractivity (Wildman–Crippen MR) is 71.2 cm³/mol. The zero-order valence-electron chi connectivity index (χ0n) is 10.5. The second-order valence-electron chi connectivity index (χ2n) is 4.25. The van der Waals surface area contributed by atoms with Gasteiger partial charge in [-0.25, -0.2) is 4.79 Å². The molecule has 19 heavy (non-hydrogen) atoms. The first kappa shape index (κ1) is 14.1. The lowest BCUT2D eigenvalue weighted by molar-refractivity contribution is 0.0321. The number of aromatic carboxylic acids is 1. The third-order valence-electron chi connectivity index (χ3n) is 2.94. The van der Waals surface area contributed by atoms with Crippen LogP contribution in [0.1, 0.15) is 10.4 Å². The first-order valence-electron chi connectivity index (χ1n) is 6.12. The van der Waals surface area contributed by atoms with Gasteiger partial charge in [0, 0.05) is 24.7 Å². The lowest BCUT2D eigenvalue weighted by Crippen LogP contribution is -2.38. The van der Waals surface area contributed by atoms with E-state index in [0.29, 0.717) is 17.4 Å². The number of benzene rings is 1. The summed E-state index contributed by atoms with van der Waals surface area (Å²) in [6.07, 6.45) is 0. The summed E-state index contributed by atoms with van der Waals surface area (Å²) in [5, 5.41) is 9.52. The summed E-state index contributed by atoms with van der Waals surface area (Å²) in [5.41, 5.74) is 0.131. The van der Waals surface area contributed by atoms with Crippen LogP contribution in [0.5, 0.6) is 5.75 Å². The topological polar surface area (TPSA) is 59.0 Å². The molecule has 1 fully saturated rings. The van der Waals surface area contributed by atoms with E-state index in [1.54, 1.807) is 6.07 Å². The van der Waals surface area contributed by atoms with Gasteiger partial charge in [0.15, 0.2) is 0 Å². The zero-order chi connectivity index (χ0) is 13.7. The smallest absolute Gasteiger partial charge is 0.339 e. The third kappa shape index (κ3) is 4.09. The van der Waals surface area contributed by atoms with Gasteiger partial charge in [0.1, 0.15) is 17.9 Å². The summed E-state index contributed by atoms with van der Waals surface area (Å²) in [4.78, 5) is 13.3. The van der Waals surface area contributed by atoms with Gasteiger partial charge in [-0.2, -0.15) is 0 Å². The molecule has 0 radical (unpaired) electrons. The molecule has 2 rings (SSSR count). The molecule has 1 N–H and O–H groups in total. The molecule has 6 heteroatoms. The lowest BCUT2D eigenvalue weighted by Gasteiger charge is -2.26. The van der Waals surface area contributed by atoms with Crippen LogP contribution >= 0.6 is 11.6 Å². The summed E-state index contributed by atoms with van der Waals surface area (Å²) < 4.78 is 10.8. The molecule has 0 saturated carbocycles. The molecule has 1 aliphatic rings. The fourth-order valence-electron chi connectivity index (χ4n) is 1.90. The quantitative estimate of drug-likeness (QED) is 0.893. The Bertz CT molecular complexity index is 446. The summed E-state index contributed by atoms with van der Waals surface area (Å²) >= 11 is 5.85. The number of halogens is 1. The molecular formula is C13H16ClNO4. The van der Waals surface area contributed by atoms with E-state index in [-0.39, 0.29) is 5.56 Å².